The Morgan fingerprint density at radius 1 is 0.778 bits per heavy atom. The van der Waals surface area contributed by atoms with Gasteiger partial charge in [-0.25, -0.2) is 4.79 Å². The van der Waals surface area contributed by atoms with Crippen molar-refractivity contribution in [3.63, 3.8) is 0 Å². The average Bonchev–Trinajstić information content (AvgIpc) is 3.05. The molecule has 0 bridgehead atoms. The van der Waals surface area contributed by atoms with E-state index in [0.717, 1.165) is 29.7 Å². The normalized spacial score (nSPS) is 10.4. The maximum Gasteiger partial charge on any atom is 0.343 e. The Bertz CT molecular complexity index is 1360. The molecule has 0 saturated carbocycles. The molecule has 3 aromatic carbocycles. The number of benzene rings is 3. The van der Waals surface area contributed by atoms with E-state index in [1.165, 1.54) is 6.26 Å². The van der Waals surface area contributed by atoms with Crippen LogP contribution in [0.15, 0.2) is 91.9 Å². The molecule has 10 heteroatoms. The molecule has 0 radical (unpaired) electrons. The zero-order chi connectivity index (χ0) is 32.1. The third kappa shape index (κ3) is 13.2. The van der Waals surface area contributed by atoms with Crippen molar-refractivity contribution in [3.05, 3.63) is 109 Å². The summed E-state index contributed by atoms with van der Waals surface area (Å²) in [6.45, 7) is 12.0. The molecule has 0 aliphatic rings. The second-order valence-electron chi connectivity index (χ2n) is 9.44. The molecule has 240 valence electrons. The first-order valence-electron chi connectivity index (χ1n) is 14.4. The molecular weight excluding hydrogens is 580 g/mol. The minimum Gasteiger partial charge on any atom is -0.494 e. The summed E-state index contributed by atoms with van der Waals surface area (Å²) >= 11 is 0. The number of methoxy groups -OCH3 is 1. The third-order valence-electron chi connectivity index (χ3n) is 6.09. The van der Waals surface area contributed by atoms with E-state index >= 15 is 0 Å². The van der Waals surface area contributed by atoms with Crippen molar-refractivity contribution >= 4 is 11.7 Å². The van der Waals surface area contributed by atoms with Gasteiger partial charge in [0, 0.05) is 12.7 Å². The Morgan fingerprint density at radius 2 is 1.44 bits per heavy atom. The summed E-state index contributed by atoms with van der Waals surface area (Å²) < 4.78 is 38.7. The largest absolute Gasteiger partial charge is 0.494 e. The number of esters is 1. The van der Waals surface area contributed by atoms with Gasteiger partial charge in [-0.15, -0.1) is 0 Å². The van der Waals surface area contributed by atoms with E-state index in [9.17, 15) is 4.79 Å². The highest BCUT2D eigenvalue weighted by Gasteiger charge is 2.11. The number of carbonyl (C=O) groups excluding carboxylic acids is 1. The van der Waals surface area contributed by atoms with E-state index < -0.39 is 5.97 Å². The lowest BCUT2D eigenvalue weighted by molar-refractivity contribution is -0.249. The van der Waals surface area contributed by atoms with E-state index in [1.54, 1.807) is 49.6 Å². The van der Waals surface area contributed by atoms with Crippen molar-refractivity contribution in [2.24, 2.45) is 0 Å². The van der Waals surface area contributed by atoms with E-state index in [0.29, 0.717) is 68.2 Å². The molecule has 45 heavy (non-hydrogen) atoms. The van der Waals surface area contributed by atoms with Gasteiger partial charge in [0.15, 0.2) is 6.26 Å². The molecule has 0 aliphatic heterocycles. The van der Waals surface area contributed by atoms with Crippen LogP contribution < -0.4 is 18.9 Å². The van der Waals surface area contributed by atoms with Crippen molar-refractivity contribution in [1.82, 2.24) is 0 Å². The van der Waals surface area contributed by atoms with E-state index in [-0.39, 0.29) is 6.79 Å². The van der Waals surface area contributed by atoms with Gasteiger partial charge in [0.25, 0.3) is 0 Å². The number of hydrogen-bond donors (Lipinski definition) is 0. The van der Waals surface area contributed by atoms with Crippen molar-refractivity contribution in [1.29, 1.82) is 0 Å². The van der Waals surface area contributed by atoms with E-state index in [1.807, 2.05) is 31.2 Å². The molecule has 10 nitrogen and oxygen atoms in total. The Morgan fingerprint density at radius 3 is 2.16 bits per heavy atom. The molecule has 0 heterocycles. The van der Waals surface area contributed by atoms with Crippen LogP contribution in [0.2, 0.25) is 0 Å². The van der Waals surface area contributed by atoms with Gasteiger partial charge in [-0.2, -0.15) is 4.89 Å². The molecule has 0 fully saturated rings. The zero-order valence-electron chi connectivity index (χ0n) is 25.8. The van der Waals surface area contributed by atoms with Gasteiger partial charge < -0.3 is 38.0 Å². The van der Waals surface area contributed by atoms with Gasteiger partial charge in [0.2, 0.25) is 6.79 Å². The van der Waals surface area contributed by atoms with Crippen LogP contribution >= 0.6 is 0 Å². The molecule has 3 aromatic rings. The summed E-state index contributed by atoms with van der Waals surface area (Å²) in [4.78, 5) is 22.3. The minimum absolute atomic E-state index is 0.00544. The van der Waals surface area contributed by atoms with Crippen molar-refractivity contribution in [2.75, 3.05) is 53.5 Å². The molecule has 0 unspecified atom stereocenters. The van der Waals surface area contributed by atoms with Gasteiger partial charge in [0.05, 0.1) is 38.6 Å². The molecule has 0 amide bonds. The predicted octanol–water partition coefficient (Wildman–Crippen LogP) is 6.69. The fourth-order valence-corrected chi connectivity index (χ4v) is 3.72. The first kappa shape index (κ1) is 34.8. The second kappa shape index (κ2) is 20.3. The van der Waals surface area contributed by atoms with Crippen molar-refractivity contribution in [2.45, 2.75) is 19.8 Å². The minimum atomic E-state index is -0.482. The van der Waals surface area contributed by atoms with Gasteiger partial charge in [0.1, 0.15) is 35.4 Å². The lowest BCUT2D eigenvalue weighted by Gasteiger charge is -2.13. The lowest BCUT2D eigenvalue weighted by atomic mass is 10.1. The number of rotatable bonds is 22. The van der Waals surface area contributed by atoms with Gasteiger partial charge in [-0.05, 0) is 79.9 Å². The van der Waals surface area contributed by atoms with Crippen LogP contribution in [0.5, 0.6) is 23.0 Å². The highest BCUT2D eigenvalue weighted by atomic mass is 17.2. The van der Waals surface area contributed by atoms with Gasteiger partial charge in [-0.1, -0.05) is 31.0 Å². The van der Waals surface area contributed by atoms with Gasteiger partial charge in [-0.3, -0.25) is 0 Å². The first-order chi connectivity index (χ1) is 22.0. The predicted molar refractivity (Wildman–Crippen MR) is 168 cm³/mol. The van der Waals surface area contributed by atoms with E-state index in [2.05, 4.69) is 18.9 Å². The Hall–Kier alpha value is -4.73. The zero-order valence-corrected chi connectivity index (χ0v) is 25.8. The number of aryl methyl sites for hydroxylation is 1. The van der Waals surface area contributed by atoms with Crippen LogP contribution in [0.3, 0.4) is 0 Å². The summed E-state index contributed by atoms with van der Waals surface area (Å²) in [5, 5.41) is 0. The standard InChI is InChI=1S/C35H40O10/c1-5-18-43-44-20-7-6-19-40-31-12-14-32(15-13-31)41-26-42-34-17-16-33(25-27(34)2)45-35(36)30-10-8-29(9-11-30)28(3)39-24-23-38-22-21-37-4/h8-18,25H,1,3,6-7,19-24,26H2,2,4H3. The molecule has 3 rings (SSSR count). The topological polar surface area (TPSA) is 100 Å². The fourth-order valence-electron chi connectivity index (χ4n) is 3.72. The quantitative estimate of drug-likeness (QED) is 0.0177. The Kier molecular flexibility index (Phi) is 15.7. The highest BCUT2D eigenvalue weighted by Crippen LogP contribution is 2.25. The van der Waals surface area contributed by atoms with Crippen molar-refractivity contribution < 1.29 is 47.7 Å². The number of ether oxygens (including phenoxy) is 7. The summed E-state index contributed by atoms with van der Waals surface area (Å²) in [6.07, 6.45) is 2.87. The van der Waals surface area contributed by atoms with E-state index in [4.69, 9.17) is 42.9 Å². The first-order valence-corrected chi connectivity index (χ1v) is 14.4. The number of unbranched alkanes of at least 4 members (excludes halogenated alkanes) is 1. The molecular formula is C35H40O10. The number of carbonyl (C=O) groups is 1. The van der Waals surface area contributed by atoms with Crippen LogP contribution in [0.25, 0.3) is 5.76 Å². The maximum atomic E-state index is 12.7. The highest BCUT2D eigenvalue weighted by molar-refractivity contribution is 5.91. The summed E-state index contributed by atoms with van der Waals surface area (Å²) in [6, 6.07) is 19.3. The number of hydrogen-bond acceptors (Lipinski definition) is 10. The monoisotopic (exact) mass is 620 g/mol. The summed E-state index contributed by atoms with van der Waals surface area (Å²) in [5.41, 5.74) is 4.40. The average molecular weight is 621 g/mol. The van der Waals surface area contributed by atoms with Crippen LogP contribution in [-0.2, 0) is 24.0 Å². The molecule has 0 aromatic heterocycles. The van der Waals surface area contributed by atoms with Gasteiger partial charge >= 0.3 is 5.97 Å². The Balaban J connectivity index is 1.36. The second-order valence-corrected chi connectivity index (χ2v) is 9.44. The molecule has 0 saturated heterocycles. The SMILES string of the molecule is C=C=COOCCCCOc1ccc(OCOc2ccc(OC(=O)c3ccc(C(=C)OCCOCCOC)cc3)cc2C)cc1. The Labute approximate surface area is 264 Å². The summed E-state index contributed by atoms with van der Waals surface area (Å²) in [7, 11) is 1.62. The van der Waals surface area contributed by atoms with Crippen LogP contribution in [-0.4, -0.2) is 59.5 Å². The molecule has 0 N–H and O–H groups in total. The third-order valence-corrected chi connectivity index (χ3v) is 6.09. The summed E-state index contributed by atoms with van der Waals surface area (Å²) in [5.74, 6) is 2.39. The fraction of sp³-hybridized carbons (Fsp3) is 0.314. The molecule has 0 atom stereocenters. The lowest BCUT2D eigenvalue weighted by Crippen LogP contribution is -2.10. The molecule has 0 aliphatic carbocycles. The van der Waals surface area contributed by atoms with Crippen LogP contribution in [0.1, 0.15) is 34.3 Å². The van der Waals surface area contributed by atoms with Crippen LogP contribution in [0, 0.1) is 6.92 Å². The smallest absolute Gasteiger partial charge is 0.343 e. The maximum absolute atomic E-state index is 12.7. The van der Waals surface area contributed by atoms with Crippen LogP contribution in [0.4, 0.5) is 0 Å². The molecule has 0 spiro atoms. The van der Waals surface area contributed by atoms with Crippen molar-refractivity contribution in [3.8, 4) is 23.0 Å².